The molecule has 1 fully saturated rings. The van der Waals surface area contributed by atoms with Crippen molar-refractivity contribution in [3.63, 3.8) is 0 Å². The first-order chi connectivity index (χ1) is 15.1. The number of halogens is 1. The van der Waals surface area contributed by atoms with E-state index in [9.17, 15) is 14.0 Å². The van der Waals surface area contributed by atoms with Crippen molar-refractivity contribution in [2.75, 3.05) is 24.2 Å². The lowest BCUT2D eigenvalue weighted by atomic mass is 10.0. The zero-order chi connectivity index (χ0) is 21.6. The van der Waals surface area contributed by atoms with Gasteiger partial charge in [-0.2, -0.15) is 0 Å². The molecule has 3 aromatic carbocycles. The molecule has 158 valence electrons. The first-order valence-corrected chi connectivity index (χ1v) is 11.2. The summed E-state index contributed by atoms with van der Waals surface area (Å²) in [6.45, 7) is 0.892. The highest BCUT2D eigenvalue weighted by Gasteiger charge is 2.29. The van der Waals surface area contributed by atoms with Crippen LogP contribution in [0.25, 0.3) is 0 Å². The second-order valence-corrected chi connectivity index (χ2v) is 8.74. The van der Waals surface area contributed by atoms with E-state index in [1.54, 1.807) is 16.7 Å². The molecular weight excluding hydrogens is 411 g/mol. The van der Waals surface area contributed by atoms with Crippen LogP contribution >= 0.6 is 11.8 Å². The lowest BCUT2D eigenvalue weighted by molar-refractivity contribution is -0.116. The number of amides is 2. The number of carbonyl (C=O) groups excluding carboxylic acids is 2. The summed E-state index contributed by atoms with van der Waals surface area (Å²) in [6.07, 6.45) is 0.726. The topological polar surface area (TPSA) is 49.4 Å². The third-order valence-electron chi connectivity index (χ3n) is 5.25. The molecule has 1 aliphatic rings. The first kappa shape index (κ1) is 21.1. The van der Waals surface area contributed by atoms with Crippen molar-refractivity contribution < 1.29 is 14.0 Å². The van der Waals surface area contributed by atoms with Gasteiger partial charge in [-0.05, 0) is 47.9 Å². The highest BCUT2D eigenvalue weighted by Crippen LogP contribution is 2.24. The summed E-state index contributed by atoms with van der Waals surface area (Å²) < 4.78 is 13.2. The summed E-state index contributed by atoms with van der Waals surface area (Å²) in [4.78, 5) is 27.4. The van der Waals surface area contributed by atoms with Gasteiger partial charge in [-0.15, -0.1) is 11.8 Å². The number of anilines is 1. The molecule has 1 aliphatic heterocycles. The number of benzene rings is 3. The summed E-state index contributed by atoms with van der Waals surface area (Å²) in [7, 11) is 0. The van der Waals surface area contributed by atoms with Gasteiger partial charge in [0.05, 0.1) is 0 Å². The fourth-order valence-corrected chi connectivity index (χ4v) is 4.70. The van der Waals surface area contributed by atoms with Crippen LogP contribution in [0.1, 0.15) is 21.5 Å². The molecule has 0 radical (unpaired) electrons. The van der Waals surface area contributed by atoms with E-state index in [0.29, 0.717) is 24.4 Å². The van der Waals surface area contributed by atoms with E-state index in [1.165, 1.54) is 29.8 Å². The molecule has 4 nitrogen and oxygen atoms in total. The Bertz CT molecular complexity index is 1060. The standard InChI is InChI=1S/C25H23FN2O2S/c26-21-12-10-19(11-13-21)25(30)28-14-15-31-23(17-28)24(29)27-22-9-5-4-8-20(22)16-18-6-2-1-3-7-18/h1-13,23H,14-17H2,(H,27,29)/t23-/m0/s1. The summed E-state index contributed by atoms with van der Waals surface area (Å²) in [6, 6.07) is 23.4. The second-order valence-electron chi connectivity index (χ2n) is 7.43. The van der Waals surface area contributed by atoms with Gasteiger partial charge in [-0.25, -0.2) is 4.39 Å². The molecule has 31 heavy (non-hydrogen) atoms. The molecule has 4 rings (SSSR count). The molecule has 3 aromatic rings. The van der Waals surface area contributed by atoms with Crippen LogP contribution in [-0.4, -0.2) is 40.8 Å². The summed E-state index contributed by atoms with van der Waals surface area (Å²) in [5.74, 6) is 0.0123. The predicted molar refractivity (Wildman–Crippen MR) is 123 cm³/mol. The number of rotatable bonds is 5. The molecule has 1 saturated heterocycles. The molecule has 2 amide bonds. The fourth-order valence-electron chi connectivity index (χ4n) is 3.59. The molecule has 0 bridgehead atoms. The van der Waals surface area contributed by atoms with Gasteiger partial charge < -0.3 is 10.2 Å². The Labute approximate surface area is 185 Å². The molecular formula is C25H23FN2O2S. The van der Waals surface area contributed by atoms with Crippen molar-refractivity contribution in [2.45, 2.75) is 11.7 Å². The Hall–Kier alpha value is -3.12. The van der Waals surface area contributed by atoms with E-state index in [0.717, 1.165) is 17.7 Å². The van der Waals surface area contributed by atoms with Crippen LogP contribution in [0.3, 0.4) is 0 Å². The first-order valence-electron chi connectivity index (χ1n) is 10.2. The van der Waals surface area contributed by atoms with Gasteiger partial charge in [0.1, 0.15) is 11.1 Å². The Kier molecular flexibility index (Phi) is 6.67. The summed E-state index contributed by atoms with van der Waals surface area (Å²) in [5, 5.41) is 2.70. The van der Waals surface area contributed by atoms with E-state index in [-0.39, 0.29) is 22.9 Å². The third kappa shape index (κ3) is 5.33. The van der Waals surface area contributed by atoms with Crippen molar-refractivity contribution in [1.82, 2.24) is 4.90 Å². The lowest BCUT2D eigenvalue weighted by Gasteiger charge is -2.32. The number of hydrogen-bond acceptors (Lipinski definition) is 3. The minimum absolute atomic E-state index is 0.109. The van der Waals surface area contributed by atoms with Gasteiger partial charge >= 0.3 is 0 Å². The highest BCUT2D eigenvalue weighted by molar-refractivity contribution is 8.00. The van der Waals surface area contributed by atoms with Gasteiger partial charge in [-0.3, -0.25) is 9.59 Å². The maximum Gasteiger partial charge on any atom is 0.253 e. The van der Waals surface area contributed by atoms with Gasteiger partial charge in [0.2, 0.25) is 5.91 Å². The number of thioether (sulfide) groups is 1. The Morgan fingerprint density at radius 2 is 1.68 bits per heavy atom. The number of carbonyl (C=O) groups is 2. The van der Waals surface area contributed by atoms with Gasteiger partial charge in [0, 0.05) is 30.1 Å². The number of nitrogens with one attached hydrogen (secondary N) is 1. The zero-order valence-corrected chi connectivity index (χ0v) is 17.8. The van der Waals surface area contributed by atoms with E-state index in [2.05, 4.69) is 17.4 Å². The predicted octanol–water partition coefficient (Wildman–Crippen LogP) is 4.61. The van der Waals surface area contributed by atoms with Crippen molar-refractivity contribution in [2.24, 2.45) is 0 Å². The molecule has 1 atom stereocenters. The van der Waals surface area contributed by atoms with Gasteiger partial charge in [0.25, 0.3) is 5.91 Å². The van der Waals surface area contributed by atoms with Gasteiger partial charge in [0.15, 0.2) is 0 Å². The zero-order valence-electron chi connectivity index (χ0n) is 17.0. The Balaban J connectivity index is 1.43. The normalized spacial score (nSPS) is 16.0. The van der Waals surface area contributed by atoms with Crippen molar-refractivity contribution in [1.29, 1.82) is 0 Å². The maximum atomic E-state index is 13.2. The van der Waals surface area contributed by atoms with Gasteiger partial charge in [-0.1, -0.05) is 48.5 Å². The quantitative estimate of drug-likeness (QED) is 0.638. The average molecular weight is 435 g/mol. The van der Waals surface area contributed by atoms with E-state index >= 15 is 0 Å². The van der Waals surface area contributed by atoms with Crippen molar-refractivity contribution >= 4 is 29.3 Å². The smallest absolute Gasteiger partial charge is 0.253 e. The Morgan fingerprint density at radius 1 is 0.968 bits per heavy atom. The third-order valence-corrected chi connectivity index (χ3v) is 6.43. The number of hydrogen-bond donors (Lipinski definition) is 1. The molecule has 0 aliphatic carbocycles. The molecule has 6 heteroatoms. The van der Waals surface area contributed by atoms with Crippen LogP contribution in [0.2, 0.25) is 0 Å². The fraction of sp³-hybridized carbons (Fsp3) is 0.200. The number of para-hydroxylation sites is 1. The van der Waals surface area contributed by atoms with E-state index in [4.69, 9.17) is 0 Å². The second kappa shape index (κ2) is 9.79. The maximum absolute atomic E-state index is 13.2. The molecule has 1 N–H and O–H groups in total. The van der Waals surface area contributed by atoms with Crippen LogP contribution in [0, 0.1) is 5.82 Å². The SMILES string of the molecule is O=C(Nc1ccccc1Cc1ccccc1)[C@@H]1CN(C(=O)c2ccc(F)cc2)CCS1. The summed E-state index contributed by atoms with van der Waals surface area (Å²) >= 11 is 1.55. The average Bonchev–Trinajstić information content (AvgIpc) is 2.81. The van der Waals surface area contributed by atoms with E-state index < -0.39 is 0 Å². The molecule has 0 saturated carbocycles. The van der Waals surface area contributed by atoms with Crippen LogP contribution in [-0.2, 0) is 11.2 Å². The van der Waals surface area contributed by atoms with Crippen LogP contribution < -0.4 is 5.32 Å². The minimum Gasteiger partial charge on any atom is -0.336 e. The Morgan fingerprint density at radius 3 is 2.45 bits per heavy atom. The van der Waals surface area contributed by atoms with Crippen molar-refractivity contribution in [3.8, 4) is 0 Å². The molecule has 1 heterocycles. The van der Waals surface area contributed by atoms with Crippen molar-refractivity contribution in [3.05, 3.63) is 101 Å². The molecule has 0 spiro atoms. The lowest BCUT2D eigenvalue weighted by Crippen LogP contribution is -2.46. The van der Waals surface area contributed by atoms with Crippen LogP contribution in [0.15, 0.2) is 78.9 Å². The van der Waals surface area contributed by atoms with E-state index in [1.807, 2.05) is 42.5 Å². The largest absolute Gasteiger partial charge is 0.336 e. The monoisotopic (exact) mass is 434 g/mol. The van der Waals surface area contributed by atoms with Crippen LogP contribution in [0.5, 0.6) is 0 Å². The van der Waals surface area contributed by atoms with Crippen LogP contribution in [0.4, 0.5) is 10.1 Å². The number of nitrogens with zero attached hydrogens (tertiary/aromatic N) is 1. The highest BCUT2D eigenvalue weighted by atomic mass is 32.2. The minimum atomic E-state index is -0.378. The molecule has 0 unspecified atom stereocenters. The molecule has 0 aromatic heterocycles. The summed E-state index contributed by atoms with van der Waals surface area (Å²) in [5.41, 5.74) is 3.44.